The van der Waals surface area contributed by atoms with Crippen molar-refractivity contribution in [3.8, 4) is 0 Å². The van der Waals surface area contributed by atoms with Gasteiger partial charge in [0.05, 0.1) is 0 Å². The lowest BCUT2D eigenvalue weighted by Crippen LogP contribution is -2.33. The number of hydrogen-bond acceptors (Lipinski definition) is 4. The molecule has 2 aromatic rings. The fraction of sp³-hybridized carbons (Fsp3) is 0.273. The molecule has 1 atom stereocenters. The highest BCUT2D eigenvalue weighted by Gasteiger charge is 2.37. The highest BCUT2D eigenvalue weighted by molar-refractivity contribution is 6.06. The minimum atomic E-state index is -0.0884. The maximum atomic E-state index is 13.2. The van der Waals surface area contributed by atoms with E-state index in [1.54, 1.807) is 24.3 Å². The summed E-state index contributed by atoms with van der Waals surface area (Å²) in [6, 6.07) is 14.4. The third-order valence-corrected chi connectivity index (χ3v) is 5.68. The number of para-hydroxylation sites is 1. The molecule has 0 bridgehead atoms. The molecule has 1 heterocycles. The Morgan fingerprint density at radius 3 is 2.56 bits per heavy atom. The number of aldehydes is 1. The molecule has 0 N–H and O–H groups in total. The molecule has 1 aliphatic heterocycles. The lowest BCUT2D eigenvalue weighted by molar-refractivity contribution is -0.105. The molecule has 136 valence electrons. The summed E-state index contributed by atoms with van der Waals surface area (Å²) < 4.78 is 0. The summed E-state index contributed by atoms with van der Waals surface area (Å²) >= 11 is 0. The zero-order valence-corrected chi connectivity index (χ0v) is 14.9. The van der Waals surface area contributed by atoms with Crippen molar-refractivity contribution < 1.29 is 9.59 Å². The Bertz CT molecular complexity index is 933. The molecule has 1 unspecified atom stereocenters. The van der Waals surface area contributed by atoms with Gasteiger partial charge in [-0.1, -0.05) is 24.3 Å². The van der Waals surface area contributed by atoms with Crippen LogP contribution in [0.15, 0.2) is 65.4 Å². The second-order valence-electron chi connectivity index (χ2n) is 7.35. The van der Waals surface area contributed by atoms with Crippen LogP contribution in [0.3, 0.4) is 0 Å². The average Bonchev–Trinajstić information content (AvgIpc) is 3.04. The molecule has 5 heteroatoms. The highest BCUT2D eigenvalue weighted by Crippen LogP contribution is 2.45. The molecule has 1 spiro atoms. The van der Waals surface area contributed by atoms with Crippen LogP contribution in [0.25, 0.3) is 0 Å². The first-order valence-corrected chi connectivity index (χ1v) is 9.14. The first-order chi connectivity index (χ1) is 13.1. The molecular weight excluding hydrogens is 340 g/mol. The molecule has 0 aromatic heterocycles. The Hall–Kier alpha value is -3.08. The minimum absolute atomic E-state index is 0.0628. The van der Waals surface area contributed by atoms with Gasteiger partial charge in [0.2, 0.25) is 0 Å². The van der Waals surface area contributed by atoms with Gasteiger partial charge in [0.1, 0.15) is 12.0 Å². The zero-order chi connectivity index (χ0) is 18.9. The maximum absolute atomic E-state index is 13.2. The predicted molar refractivity (Wildman–Crippen MR) is 104 cm³/mol. The van der Waals surface area contributed by atoms with Gasteiger partial charge in [-0.15, -0.1) is 4.91 Å². The fourth-order valence-electron chi connectivity index (χ4n) is 4.24. The summed E-state index contributed by atoms with van der Waals surface area (Å²) in [5.41, 5.74) is 3.68. The molecule has 5 nitrogen and oxygen atoms in total. The Kier molecular flexibility index (Phi) is 4.44. The molecular formula is C22H20N2O3. The van der Waals surface area contributed by atoms with Gasteiger partial charge in [-0.3, -0.25) is 9.59 Å². The van der Waals surface area contributed by atoms with E-state index >= 15 is 0 Å². The summed E-state index contributed by atoms with van der Waals surface area (Å²) in [5.74, 6) is -0.0884. The maximum Gasteiger partial charge on any atom is 0.258 e. The van der Waals surface area contributed by atoms with Crippen LogP contribution in [0.4, 0.5) is 11.4 Å². The Balaban J connectivity index is 1.70. The van der Waals surface area contributed by atoms with Crippen LogP contribution in [-0.4, -0.2) is 18.7 Å². The van der Waals surface area contributed by atoms with Crippen molar-refractivity contribution in [3.05, 3.63) is 76.2 Å². The Labute approximate surface area is 157 Å². The number of nitrogens with zero attached hydrogens (tertiary/aromatic N) is 2. The lowest BCUT2D eigenvalue weighted by Gasteiger charge is -2.26. The molecule has 0 fully saturated rings. The lowest BCUT2D eigenvalue weighted by atomic mass is 9.79. The van der Waals surface area contributed by atoms with E-state index in [0.29, 0.717) is 17.8 Å². The number of rotatable bonds is 3. The molecule has 1 aliphatic carbocycles. The summed E-state index contributed by atoms with van der Waals surface area (Å²) in [6.45, 7) is 0.589. The number of carbonyl (C=O) groups is 2. The summed E-state index contributed by atoms with van der Waals surface area (Å²) in [7, 11) is 0. The average molecular weight is 360 g/mol. The quantitative estimate of drug-likeness (QED) is 0.594. The van der Waals surface area contributed by atoms with Crippen LogP contribution in [0, 0.1) is 10.3 Å². The van der Waals surface area contributed by atoms with Gasteiger partial charge in [-0.25, -0.2) is 0 Å². The van der Waals surface area contributed by atoms with Crippen LogP contribution in [0.2, 0.25) is 0 Å². The predicted octanol–water partition coefficient (Wildman–Crippen LogP) is 4.58. The van der Waals surface area contributed by atoms with E-state index in [2.05, 4.69) is 17.3 Å². The number of benzene rings is 2. The second kappa shape index (κ2) is 6.91. The van der Waals surface area contributed by atoms with Gasteiger partial charge < -0.3 is 4.90 Å². The second-order valence-corrected chi connectivity index (χ2v) is 7.35. The Morgan fingerprint density at radius 2 is 1.85 bits per heavy atom. The van der Waals surface area contributed by atoms with Crippen LogP contribution in [-0.2, 0) is 11.2 Å². The molecule has 2 aliphatic rings. The van der Waals surface area contributed by atoms with Crippen molar-refractivity contribution in [2.75, 3.05) is 11.4 Å². The number of amides is 1. The van der Waals surface area contributed by atoms with Crippen molar-refractivity contribution in [2.45, 2.75) is 25.7 Å². The fourth-order valence-corrected chi connectivity index (χ4v) is 4.24. The smallest absolute Gasteiger partial charge is 0.258 e. The topological polar surface area (TPSA) is 66.8 Å². The molecule has 27 heavy (non-hydrogen) atoms. The first kappa shape index (κ1) is 17.3. The van der Waals surface area contributed by atoms with Crippen molar-refractivity contribution >= 4 is 23.6 Å². The van der Waals surface area contributed by atoms with Crippen LogP contribution >= 0.6 is 0 Å². The number of nitroso groups, excluding NO2 is 1. The van der Waals surface area contributed by atoms with E-state index in [1.165, 1.54) is 0 Å². The third-order valence-electron chi connectivity index (χ3n) is 5.68. The van der Waals surface area contributed by atoms with Crippen molar-refractivity contribution in [3.63, 3.8) is 0 Å². The van der Waals surface area contributed by atoms with Gasteiger partial charge in [-0.05, 0) is 77.7 Å². The zero-order valence-electron chi connectivity index (χ0n) is 14.9. The molecule has 4 rings (SSSR count). The molecule has 0 saturated heterocycles. The summed E-state index contributed by atoms with van der Waals surface area (Å²) in [5, 5.41) is 2.89. The number of fused-ring (bicyclic) bond motifs is 1. The normalized spacial score (nSPS) is 21.3. The van der Waals surface area contributed by atoms with E-state index in [0.717, 1.165) is 48.8 Å². The van der Waals surface area contributed by atoms with Gasteiger partial charge in [0, 0.05) is 17.8 Å². The van der Waals surface area contributed by atoms with Crippen LogP contribution in [0.1, 0.15) is 35.2 Å². The van der Waals surface area contributed by atoms with E-state index in [-0.39, 0.29) is 11.3 Å². The number of allylic oxidation sites excluding steroid dienone is 2. The van der Waals surface area contributed by atoms with E-state index in [1.807, 2.05) is 23.1 Å². The van der Waals surface area contributed by atoms with Crippen molar-refractivity contribution in [2.24, 2.45) is 10.6 Å². The summed E-state index contributed by atoms with van der Waals surface area (Å²) in [6.07, 6.45) is 6.47. The van der Waals surface area contributed by atoms with Gasteiger partial charge in [0.25, 0.3) is 5.91 Å². The SMILES string of the molecule is O=CC1=CC2(CC1)CCN(C(=O)c1ccc(N=O)cc1)c1ccccc1C2. The minimum Gasteiger partial charge on any atom is -0.308 e. The van der Waals surface area contributed by atoms with E-state index in [4.69, 9.17) is 0 Å². The van der Waals surface area contributed by atoms with E-state index < -0.39 is 0 Å². The molecule has 0 radical (unpaired) electrons. The third kappa shape index (κ3) is 3.21. The first-order valence-electron chi connectivity index (χ1n) is 9.14. The molecule has 2 aromatic carbocycles. The standard InChI is InChI=1S/C22H20N2O3/c25-15-16-9-10-22(13-16)11-12-24(20-4-2-1-3-18(20)14-22)21(26)17-5-7-19(23-27)8-6-17/h1-8,13,15H,9-12,14H2. The molecule has 0 saturated carbocycles. The highest BCUT2D eigenvalue weighted by atomic mass is 16.3. The van der Waals surface area contributed by atoms with Gasteiger partial charge in [-0.2, -0.15) is 0 Å². The number of anilines is 1. The van der Waals surface area contributed by atoms with Crippen molar-refractivity contribution in [1.29, 1.82) is 0 Å². The van der Waals surface area contributed by atoms with Gasteiger partial charge in [0.15, 0.2) is 0 Å². The summed E-state index contributed by atoms with van der Waals surface area (Å²) in [4.78, 5) is 36.8. The largest absolute Gasteiger partial charge is 0.308 e. The van der Waals surface area contributed by atoms with E-state index in [9.17, 15) is 14.5 Å². The number of hydrogen-bond donors (Lipinski definition) is 0. The van der Waals surface area contributed by atoms with Gasteiger partial charge >= 0.3 is 0 Å². The molecule has 1 amide bonds. The Morgan fingerprint density at radius 1 is 1.07 bits per heavy atom. The van der Waals surface area contributed by atoms with Crippen molar-refractivity contribution in [1.82, 2.24) is 0 Å². The van der Waals surface area contributed by atoms with Crippen LogP contribution < -0.4 is 4.90 Å². The number of carbonyl (C=O) groups excluding carboxylic acids is 2. The monoisotopic (exact) mass is 360 g/mol. The van der Waals surface area contributed by atoms with Crippen LogP contribution in [0.5, 0.6) is 0 Å².